The number of unbranched alkanes of at least 4 members (excludes halogenated alkanes) is 2. The third-order valence-corrected chi connectivity index (χ3v) is 14.6. The Morgan fingerprint density at radius 1 is 0.581 bits per heavy atom. The van der Waals surface area contributed by atoms with Crippen molar-refractivity contribution < 1.29 is 13.5 Å². The van der Waals surface area contributed by atoms with Crippen molar-refractivity contribution in [2.24, 2.45) is 0 Å². The van der Waals surface area contributed by atoms with Crippen molar-refractivity contribution in [3.05, 3.63) is 144 Å². The highest BCUT2D eigenvalue weighted by Crippen LogP contribution is 2.31. The zero-order valence-corrected chi connectivity index (χ0v) is 40.6. The van der Waals surface area contributed by atoms with E-state index in [4.69, 9.17) is 0 Å². The number of hydrogen-bond acceptors (Lipinski definition) is 5. The smallest absolute Gasteiger partial charge is 0.205 e. The minimum Gasteiger partial charge on any atom is -0.377 e. The van der Waals surface area contributed by atoms with Crippen molar-refractivity contribution in [2.75, 3.05) is 117 Å². The molecule has 0 fully saturated rings. The van der Waals surface area contributed by atoms with E-state index in [0.29, 0.717) is 0 Å². The number of aromatic nitrogens is 1. The van der Waals surface area contributed by atoms with Crippen LogP contribution in [0.3, 0.4) is 0 Å². The standard InChI is InChI=1S/C54H73N6S2/c1-55(2)53-33-29-45(49-23-9-11-25-51(49)53)27-31-47-21-13-15-35-57(47)37-17-19-39-59(5,6)41-43-61-62-44-42-60(7,8)40-20-18-38-58-36-16-14-22-48(58)32-28-46-30-34-54(56(3)4)52-26-12-10-24-50(46)52/h9-16,21-35H,17-20,36-44H2,1-8H3/q+3. The normalized spacial score (nSPS) is 13.5. The molecule has 0 saturated heterocycles. The number of hydrogen-bond donors (Lipinski definition) is 0. The minimum atomic E-state index is 0.982. The number of allylic oxidation sites excluding steroid dienone is 3. The maximum atomic E-state index is 2.53. The van der Waals surface area contributed by atoms with Crippen LogP contribution in [0.1, 0.15) is 42.5 Å². The van der Waals surface area contributed by atoms with Gasteiger partial charge in [-0.15, -0.1) is 0 Å². The summed E-state index contributed by atoms with van der Waals surface area (Å²) in [5.74, 6) is 2.40. The third kappa shape index (κ3) is 13.5. The van der Waals surface area contributed by atoms with E-state index >= 15 is 0 Å². The van der Waals surface area contributed by atoms with Crippen molar-refractivity contribution >= 4 is 72.7 Å². The highest BCUT2D eigenvalue weighted by molar-refractivity contribution is 8.76. The van der Waals surface area contributed by atoms with Gasteiger partial charge in [-0.3, -0.25) is 0 Å². The molecule has 0 saturated carbocycles. The van der Waals surface area contributed by atoms with Gasteiger partial charge in [-0.1, -0.05) is 100 Å². The first-order valence-corrected chi connectivity index (χ1v) is 25.1. The maximum absolute atomic E-state index is 2.53. The summed E-state index contributed by atoms with van der Waals surface area (Å²) < 4.78 is 4.58. The maximum Gasteiger partial charge on any atom is 0.205 e. The van der Waals surface area contributed by atoms with Gasteiger partial charge in [-0.05, 0) is 71.2 Å². The molecule has 62 heavy (non-hydrogen) atoms. The summed E-state index contributed by atoms with van der Waals surface area (Å²) in [5, 5.41) is 5.18. The lowest BCUT2D eigenvalue weighted by Gasteiger charge is -2.31. The molecular weight excluding hydrogens is 797 g/mol. The second kappa shape index (κ2) is 22.8. The van der Waals surface area contributed by atoms with Crippen LogP contribution < -0.4 is 14.4 Å². The van der Waals surface area contributed by atoms with Crippen molar-refractivity contribution in [3.63, 3.8) is 0 Å². The Morgan fingerprint density at radius 3 is 1.69 bits per heavy atom. The van der Waals surface area contributed by atoms with E-state index in [0.717, 1.165) is 28.6 Å². The molecule has 4 aromatic carbocycles. The molecule has 0 N–H and O–H groups in total. The van der Waals surface area contributed by atoms with Crippen LogP contribution in [0.4, 0.5) is 11.4 Å². The molecule has 1 aliphatic rings. The number of benzene rings is 4. The Bertz CT molecular complexity index is 2340. The van der Waals surface area contributed by atoms with Crippen LogP contribution in [0.15, 0.2) is 127 Å². The van der Waals surface area contributed by atoms with E-state index in [9.17, 15) is 0 Å². The molecule has 0 bridgehead atoms. The van der Waals surface area contributed by atoms with Gasteiger partial charge >= 0.3 is 0 Å². The Balaban J connectivity index is 0.856. The summed E-state index contributed by atoms with van der Waals surface area (Å²) in [6.07, 6.45) is 23.0. The number of aryl methyl sites for hydroxylation is 1. The second-order valence-corrected chi connectivity index (χ2v) is 21.2. The van der Waals surface area contributed by atoms with E-state index in [2.05, 4.69) is 237 Å². The van der Waals surface area contributed by atoms with Gasteiger partial charge < -0.3 is 23.7 Å². The predicted octanol–water partition coefficient (Wildman–Crippen LogP) is 11.1. The molecule has 328 valence electrons. The highest BCUT2D eigenvalue weighted by atomic mass is 33.1. The van der Waals surface area contributed by atoms with E-state index < -0.39 is 0 Å². The van der Waals surface area contributed by atoms with Crippen LogP contribution in [-0.2, 0) is 6.54 Å². The third-order valence-electron chi connectivity index (χ3n) is 12.3. The first-order valence-electron chi connectivity index (χ1n) is 22.6. The number of anilines is 2. The summed E-state index contributed by atoms with van der Waals surface area (Å²) in [6, 6.07) is 33.0. The lowest BCUT2D eigenvalue weighted by atomic mass is 10.0. The topological polar surface area (TPSA) is 13.6 Å². The van der Waals surface area contributed by atoms with Crippen molar-refractivity contribution in [1.29, 1.82) is 0 Å². The van der Waals surface area contributed by atoms with Gasteiger partial charge in [0, 0.05) is 100 Å². The minimum absolute atomic E-state index is 0.982. The quantitative estimate of drug-likeness (QED) is 0.0280. The van der Waals surface area contributed by atoms with Crippen LogP contribution in [0.25, 0.3) is 39.8 Å². The van der Waals surface area contributed by atoms with Gasteiger partial charge in [-0.2, -0.15) is 4.57 Å². The summed E-state index contributed by atoms with van der Waals surface area (Å²) in [6.45, 7) is 7.96. The van der Waals surface area contributed by atoms with Crippen LogP contribution in [-0.4, -0.2) is 121 Å². The molecule has 6 nitrogen and oxygen atoms in total. The average molecular weight is 870 g/mol. The fourth-order valence-electron chi connectivity index (χ4n) is 8.40. The number of nitrogens with zero attached hydrogens (tertiary/aromatic N) is 6. The Labute approximate surface area is 382 Å². The Hall–Kier alpha value is -4.47. The molecule has 0 spiro atoms. The lowest BCUT2D eigenvalue weighted by molar-refractivity contribution is -0.888. The molecule has 6 rings (SSSR count). The first kappa shape index (κ1) is 47.0. The number of pyridine rings is 1. The zero-order chi connectivity index (χ0) is 44.0. The first-order chi connectivity index (χ1) is 29.9. The monoisotopic (exact) mass is 870 g/mol. The van der Waals surface area contributed by atoms with Gasteiger partial charge in [-0.25, -0.2) is 0 Å². The molecular formula is C54H73N6S2+3. The largest absolute Gasteiger partial charge is 0.377 e. The summed E-state index contributed by atoms with van der Waals surface area (Å²) in [7, 11) is 22.2. The molecule has 0 unspecified atom stereocenters. The number of fused-ring (bicyclic) bond motifs is 2. The summed E-state index contributed by atoms with van der Waals surface area (Å²) in [5.41, 5.74) is 7.59. The van der Waals surface area contributed by atoms with Gasteiger partial charge in [0.05, 0.1) is 65.9 Å². The van der Waals surface area contributed by atoms with Crippen LogP contribution >= 0.6 is 21.6 Å². The van der Waals surface area contributed by atoms with Crippen LogP contribution in [0.2, 0.25) is 0 Å². The molecule has 5 aromatic rings. The average Bonchev–Trinajstić information content (AvgIpc) is 3.26. The SMILES string of the molecule is CN(C)c1ccc(C=CC2=CC=CCN2CCCC[N+](C)(C)CCSSCC[N+](C)(C)CCCC[n+]2ccccc2C=Cc2ccc(N(C)C)c3ccccc23)c2ccccc12. The molecule has 1 aliphatic heterocycles. The lowest BCUT2D eigenvalue weighted by Crippen LogP contribution is -2.43. The molecule has 1 aromatic heterocycles. The fraction of sp³-hybridized carbons (Fsp3) is 0.389. The fourth-order valence-corrected chi connectivity index (χ4v) is 10.9. The van der Waals surface area contributed by atoms with Crippen LogP contribution in [0, 0.1) is 0 Å². The van der Waals surface area contributed by atoms with Crippen molar-refractivity contribution in [1.82, 2.24) is 4.90 Å². The van der Waals surface area contributed by atoms with E-state index in [-0.39, 0.29) is 0 Å². The van der Waals surface area contributed by atoms with Gasteiger partial charge in [0.1, 0.15) is 6.54 Å². The van der Waals surface area contributed by atoms with Gasteiger partial charge in [0.25, 0.3) is 0 Å². The van der Waals surface area contributed by atoms with Crippen LogP contribution in [0.5, 0.6) is 0 Å². The number of quaternary nitrogens is 2. The Kier molecular flexibility index (Phi) is 17.3. The predicted molar refractivity (Wildman–Crippen MR) is 277 cm³/mol. The number of rotatable bonds is 23. The summed E-state index contributed by atoms with van der Waals surface area (Å²) >= 11 is 0. The second-order valence-electron chi connectivity index (χ2n) is 18.5. The van der Waals surface area contributed by atoms with Gasteiger partial charge in [0.2, 0.25) is 5.69 Å². The molecule has 8 heteroatoms. The summed E-state index contributed by atoms with van der Waals surface area (Å²) in [4.78, 5) is 6.92. The van der Waals surface area contributed by atoms with E-state index in [1.807, 2.05) is 0 Å². The van der Waals surface area contributed by atoms with Crippen molar-refractivity contribution in [3.8, 4) is 0 Å². The van der Waals surface area contributed by atoms with Gasteiger partial charge in [0.15, 0.2) is 6.20 Å². The molecule has 0 radical (unpaired) electrons. The molecule has 2 heterocycles. The van der Waals surface area contributed by atoms with E-state index in [1.165, 1.54) is 119 Å². The molecule has 0 amide bonds. The highest BCUT2D eigenvalue weighted by Gasteiger charge is 2.18. The van der Waals surface area contributed by atoms with Crippen molar-refractivity contribution in [2.45, 2.75) is 32.2 Å². The van der Waals surface area contributed by atoms with E-state index in [1.54, 1.807) is 0 Å². The zero-order valence-electron chi connectivity index (χ0n) is 39.0. The Morgan fingerprint density at radius 2 is 1.11 bits per heavy atom. The molecule has 0 aliphatic carbocycles. The molecule has 0 atom stereocenters.